The number of halogens is 1. The summed E-state index contributed by atoms with van der Waals surface area (Å²) in [5.41, 5.74) is 0. The van der Waals surface area contributed by atoms with Crippen LogP contribution in [0.5, 0.6) is 5.75 Å². The average Bonchev–Trinajstić information content (AvgIpc) is 2.53. The molecule has 1 amide bonds. The number of ether oxygens (including phenoxy) is 2. The summed E-state index contributed by atoms with van der Waals surface area (Å²) in [5, 5.41) is 0. The van der Waals surface area contributed by atoms with Gasteiger partial charge in [-0.1, -0.05) is 6.92 Å². The van der Waals surface area contributed by atoms with Crippen molar-refractivity contribution >= 4 is 5.91 Å². The Balaban J connectivity index is 1.60. The highest BCUT2D eigenvalue weighted by Crippen LogP contribution is 2.15. The summed E-state index contributed by atoms with van der Waals surface area (Å²) in [6.07, 6.45) is 2.52. The van der Waals surface area contributed by atoms with Crippen LogP contribution in [0, 0.1) is 5.82 Å². The van der Waals surface area contributed by atoms with E-state index in [1.54, 1.807) is 12.1 Å². The van der Waals surface area contributed by atoms with Gasteiger partial charge in [0.2, 0.25) is 5.91 Å². The highest BCUT2D eigenvalue weighted by atomic mass is 19.1. The second-order valence-electron chi connectivity index (χ2n) is 5.11. The van der Waals surface area contributed by atoms with Gasteiger partial charge in [-0.3, -0.25) is 4.79 Å². The van der Waals surface area contributed by atoms with E-state index in [4.69, 9.17) is 9.47 Å². The van der Waals surface area contributed by atoms with Crippen LogP contribution >= 0.6 is 0 Å². The van der Waals surface area contributed by atoms with Gasteiger partial charge in [-0.25, -0.2) is 4.39 Å². The molecule has 0 radical (unpaired) electrons. The first-order chi connectivity index (χ1) is 10.2. The number of nitrogens with zero attached hydrogens (tertiary/aromatic N) is 1. The SMILES string of the molecule is CCC(=O)N1CCC(OCCOc2ccc(F)cc2)CC1. The number of hydrogen-bond acceptors (Lipinski definition) is 3. The van der Waals surface area contributed by atoms with Crippen molar-refractivity contribution in [2.75, 3.05) is 26.3 Å². The summed E-state index contributed by atoms with van der Waals surface area (Å²) in [6.45, 7) is 4.38. The third-order valence-corrected chi connectivity index (χ3v) is 3.62. The van der Waals surface area contributed by atoms with E-state index in [0.717, 1.165) is 25.9 Å². The summed E-state index contributed by atoms with van der Waals surface area (Å²) in [4.78, 5) is 13.5. The van der Waals surface area contributed by atoms with Gasteiger partial charge in [0, 0.05) is 19.5 Å². The molecule has 1 aromatic rings. The van der Waals surface area contributed by atoms with Gasteiger partial charge in [0.05, 0.1) is 12.7 Å². The fourth-order valence-electron chi connectivity index (χ4n) is 2.40. The molecule has 0 saturated carbocycles. The van der Waals surface area contributed by atoms with Crippen LogP contribution in [0.15, 0.2) is 24.3 Å². The molecular formula is C16H22FNO3. The van der Waals surface area contributed by atoms with Crippen LogP contribution in [0.4, 0.5) is 4.39 Å². The quantitative estimate of drug-likeness (QED) is 0.757. The molecule has 0 aromatic heterocycles. The third kappa shape index (κ3) is 5.01. The molecule has 1 aromatic carbocycles. The second-order valence-corrected chi connectivity index (χ2v) is 5.11. The van der Waals surface area contributed by atoms with Gasteiger partial charge >= 0.3 is 0 Å². The smallest absolute Gasteiger partial charge is 0.222 e. The van der Waals surface area contributed by atoms with E-state index < -0.39 is 0 Å². The Labute approximate surface area is 124 Å². The number of rotatable bonds is 6. The van der Waals surface area contributed by atoms with Crippen LogP contribution in [-0.2, 0) is 9.53 Å². The molecule has 1 fully saturated rings. The summed E-state index contributed by atoms with van der Waals surface area (Å²) >= 11 is 0. The molecule has 0 bridgehead atoms. The van der Waals surface area contributed by atoms with Gasteiger partial charge in [-0.05, 0) is 37.1 Å². The van der Waals surface area contributed by atoms with E-state index in [2.05, 4.69) is 0 Å². The molecule has 1 heterocycles. The Bertz CT molecular complexity index is 441. The van der Waals surface area contributed by atoms with Crippen LogP contribution in [0.1, 0.15) is 26.2 Å². The predicted octanol–water partition coefficient (Wildman–Crippen LogP) is 2.62. The van der Waals surface area contributed by atoms with E-state index in [9.17, 15) is 9.18 Å². The van der Waals surface area contributed by atoms with Crippen molar-refractivity contribution < 1.29 is 18.7 Å². The van der Waals surface area contributed by atoms with Crippen LogP contribution < -0.4 is 4.74 Å². The standard InChI is InChI=1S/C16H22FNO3/c1-2-16(19)18-9-7-15(8-10-18)21-12-11-20-14-5-3-13(17)4-6-14/h3-6,15H,2,7-12H2,1H3. The van der Waals surface area contributed by atoms with Crippen LogP contribution in [0.3, 0.4) is 0 Å². The molecule has 1 aliphatic rings. The second kappa shape index (κ2) is 7.98. The topological polar surface area (TPSA) is 38.8 Å². The van der Waals surface area contributed by atoms with Gasteiger partial charge in [0.25, 0.3) is 0 Å². The Morgan fingerprint density at radius 3 is 2.52 bits per heavy atom. The number of hydrogen-bond donors (Lipinski definition) is 0. The van der Waals surface area contributed by atoms with Crippen molar-refractivity contribution in [3.05, 3.63) is 30.1 Å². The van der Waals surface area contributed by atoms with Crippen molar-refractivity contribution in [3.63, 3.8) is 0 Å². The lowest BCUT2D eigenvalue weighted by Crippen LogP contribution is -2.40. The van der Waals surface area contributed by atoms with Crippen LogP contribution in [0.2, 0.25) is 0 Å². The molecule has 0 unspecified atom stereocenters. The summed E-state index contributed by atoms with van der Waals surface area (Å²) < 4.78 is 23.9. The number of likely N-dealkylation sites (tertiary alicyclic amines) is 1. The fourth-order valence-corrected chi connectivity index (χ4v) is 2.40. The van der Waals surface area contributed by atoms with Crippen LogP contribution in [0.25, 0.3) is 0 Å². The lowest BCUT2D eigenvalue weighted by atomic mass is 10.1. The van der Waals surface area contributed by atoms with E-state index in [-0.39, 0.29) is 17.8 Å². The molecule has 116 valence electrons. The highest BCUT2D eigenvalue weighted by molar-refractivity contribution is 5.75. The van der Waals surface area contributed by atoms with Crippen molar-refractivity contribution in [2.24, 2.45) is 0 Å². The van der Waals surface area contributed by atoms with Gasteiger partial charge in [0.1, 0.15) is 18.2 Å². The van der Waals surface area contributed by atoms with E-state index in [0.29, 0.717) is 25.4 Å². The van der Waals surface area contributed by atoms with Crippen molar-refractivity contribution in [1.29, 1.82) is 0 Å². The first-order valence-corrected chi connectivity index (χ1v) is 7.46. The van der Waals surface area contributed by atoms with Gasteiger partial charge in [0.15, 0.2) is 0 Å². The Morgan fingerprint density at radius 1 is 1.24 bits per heavy atom. The lowest BCUT2D eigenvalue weighted by Gasteiger charge is -2.31. The number of benzene rings is 1. The Kier molecular flexibility index (Phi) is 5.99. The summed E-state index contributed by atoms with van der Waals surface area (Å²) in [7, 11) is 0. The maximum atomic E-state index is 12.7. The molecule has 1 saturated heterocycles. The zero-order valence-corrected chi connectivity index (χ0v) is 12.4. The molecule has 21 heavy (non-hydrogen) atoms. The van der Waals surface area contributed by atoms with Crippen LogP contribution in [-0.4, -0.2) is 43.2 Å². The predicted molar refractivity (Wildman–Crippen MR) is 77.7 cm³/mol. The minimum atomic E-state index is -0.271. The average molecular weight is 295 g/mol. The van der Waals surface area contributed by atoms with Gasteiger partial charge in [-0.2, -0.15) is 0 Å². The maximum absolute atomic E-state index is 12.7. The fraction of sp³-hybridized carbons (Fsp3) is 0.562. The Hall–Kier alpha value is -1.62. The lowest BCUT2D eigenvalue weighted by molar-refractivity contribution is -0.133. The maximum Gasteiger partial charge on any atom is 0.222 e. The van der Waals surface area contributed by atoms with E-state index in [1.807, 2.05) is 11.8 Å². The zero-order chi connectivity index (χ0) is 15.1. The van der Waals surface area contributed by atoms with E-state index in [1.165, 1.54) is 12.1 Å². The van der Waals surface area contributed by atoms with Crippen molar-refractivity contribution in [3.8, 4) is 5.75 Å². The minimum absolute atomic E-state index is 0.197. The molecule has 0 aliphatic carbocycles. The summed E-state index contributed by atoms with van der Waals surface area (Å²) in [5.74, 6) is 0.587. The molecule has 0 spiro atoms. The van der Waals surface area contributed by atoms with E-state index >= 15 is 0 Å². The molecule has 0 atom stereocenters. The van der Waals surface area contributed by atoms with Gasteiger partial charge in [-0.15, -0.1) is 0 Å². The monoisotopic (exact) mass is 295 g/mol. The minimum Gasteiger partial charge on any atom is -0.491 e. The van der Waals surface area contributed by atoms with Crippen molar-refractivity contribution in [1.82, 2.24) is 4.90 Å². The normalized spacial score (nSPS) is 16.0. The number of carbonyl (C=O) groups excluding carboxylic acids is 1. The first kappa shape index (κ1) is 15.8. The van der Waals surface area contributed by atoms with Gasteiger partial charge < -0.3 is 14.4 Å². The third-order valence-electron chi connectivity index (χ3n) is 3.62. The molecule has 5 heteroatoms. The number of amides is 1. The molecule has 0 N–H and O–H groups in total. The number of carbonyl (C=O) groups is 1. The molecule has 2 rings (SSSR count). The summed E-state index contributed by atoms with van der Waals surface area (Å²) in [6, 6.07) is 5.95. The Morgan fingerprint density at radius 2 is 1.90 bits per heavy atom. The largest absolute Gasteiger partial charge is 0.491 e. The first-order valence-electron chi connectivity index (χ1n) is 7.46. The highest BCUT2D eigenvalue weighted by Gasteiger charge is 2.21. The molecule has 1 aliphatic heterocycles. The number of piperidine rings is 1. The molecular weight excluding hydrogens is 273 g/mol. The van der Waals surface area contributed by atoms with Crippen molar-refractivity contribution in [2.45, 2.75) is 32.3 Å². The zero-order valence-electron chi connectivity index (χ0n) is 12.4. The molecule has 4 nitrogen and oxygen atoms in total.